The molecule has 62 valence electrons. The number of quaternary nitrogens is 1. The Balaban J connectivity index is 2.44. The van der Waals surface area contributed by atoms with E-state index in [1.807, 2.05) is 6.08 Å². The molecule has 1 nitrogen and oxygen atoms in total. The monoisotopic (exact) mass is 196 g/mol. The molecule has 2 rings (SSSR count). The quantitative estimate of drug-likeness (QED) is 0.430. The van der Waals surface area contributed by atoms with Gasteiger partial charge in [0.05, 0.1) is 17.6 Å². The molecule has 1 N–H and O–H groups in total. The molecule has 1 unspecified atom stereocenters. The molecule has 1 atom stereocenters. The minimum atomic E-state index is 0.977. The number of thiol groups is 1. The molecular weight excluding hydrogens is 186 g/mol. The first-order valence-corrected chi connectivity index (χ1v) is 4.82. The summed E-state index contributed by atoms with van der Waals surface area (Å²) in [5.74, 6) is 0. The molecular formula is C9H10NS2+. The van der Waals surface area contributed by atoms with Crippen molar-refractivity contribution in [2.75, 3.05) is 6.54 Å². The topological polar surface area (TPSA) is 4.44 Å². The molecule has 3 heteroatoms. The average molecular weight is 196 g/mol. The maximum atomic E-state index is 5.19. The van der Waals surface area contributed by atoms with E-state index in [0.717, 1.165) is 22.7 Å². The Morgan fingerprint density at radius 3 is 3.08 bits per heavy atom. The summed E-state index contributed by atoms with van der Waals surface area (Å²) in [5, 5.41) is 0. The van der Waals surface area contributed by atoms with Crippen LogP contribution in [0.3, 0.4) is 0 Å². The van der Waals surface area contributed by atoms with Crippen molar-refractivity contribution in [3.8, 4) is 0 Å². The third-order valence-electron chi connectivity index (χ3n) is 2.16. The average Bonchev–Trinajstić information content (AvgIpc) is 2.12. The molecule has 0 saturated carbocycles. The summed E-state index contributed by atoms with van der Waals surface area (Å²) in [6.07, 6.45) is 9.30. The normalized spacial score (nSPS) is 27.8. The van der Waals surface area contributed by atoms with E-state index in [0.29, 0.717) is 0 Å². The van der Waals surface area contributed by atoms with Crippen LogP contribution in [0.5, 0.6) is 0 Å². The Morgan fingerprint density at radius 2 is 2.25 bits per heavy atom. The van der Waals surface area contributed by atoms with Gasteiger partial charge in [0.25, 0.3) is 0 Å². The van der Waals surface area contributed by atoms with Crippen molar-refractivity contribution in [3.63, 3.8) is 0 Å². The van der Waals surface area contributed by atoms with Crippen molar-refractivity contribution in [3.05, 3.63) is 35.0 Å². The predicted molar refractivity (Wildman–Crippen MR) is 57.3 cm³/mol. The standard InChI is InChI=1S/C9H9NS2/c11-8-4-6-10-5-2-1-3-7(10)9(8)12/h1-3,5,12H,4,6H2/p+1. The predicted octanol–water partition coefficient (Wildman–Crippen LogP) is 0.870. The van der Waals surface area contributed by atoms with Crippen LogP contribution in [0.1, 0.15) is 6.42 Å². The van der Waals surface area contributed by atoms with Crippen LogP contribution in [-0.4, -0.2) is 11.4 Å². The third-order valence-corrected chi connectivity index (χ3v) is 3.23. The lowest BCUT2D eigenvalue weighted by Crippen LogP contribution is -3.06. The molecule has 2 aliphatic rings. The lowest BCUT2D eigenvalue weighted by molar-refractivity contribution is -0.802. The Morgan fingerprint density at radius 1 is 1.42 bits per heavy atom. The molecule has 0 saturated heterocycles. The first-order valence-electron chi connectivity index (χ1n) is 3.96. The van der Waals surface area contributed by atoms with E-state index >= 15 is 0 Å². The smallest absolute Gasteiger partial charge is 0.150 e. The van der Waals surface area contributed by atoms with Gasteiger partial charge in [-0.05, 0) is 6.08 Å². The summed E-state index contributed by atoms with van der Waals surface area (Å²) in [6, 6.07) is 0. The first-order chi connectivity index (χ1) is 5.79. The number of nitrogens with one attached hydrogen (secondary N) is 1. The summed E-state index contributed by atoms with van der Waals surface area (Å²) in [5.41, 5.74) is 1.22. The van der Waals surface area contributed by atoms with E-state index in [1.165, 1.54) is 10.6 Å². The van der Waals surface area contributed by atoms with Gasteiger partial charge in [0.15, 0.2) is 0 Å². The fourth-order valence-corrected chi connectivity index (χ4v) is 2.03. The summed E-state index contributed by atoms with van der Waals surface area (Å²) in [4.78, 5) is 3.36. The van der Waals surface area contributed by atoms with Crippen molar-refractivity contribution in [1.82, 2.24) is 0 Å². The second-order valence-corrected chi connectivity index (χ2v) is 3.87. The SMILES string of the molecule is S=C1CC[NH+]2C=CC=CC2=C1S. The van der Waals surface area contributed by atoms with E-state index in [-0.39, 0.29) is 0 Å². The van der Waals surface area contributed by atoms with Crippen molar-refractivity contribution in [2.24, 2.45) is 0 Å². The summed E-state index contributed by atoms with van der Waals surface area (Å²) >= 11 is 9.60. The molecule has 0 aliphatic carbocycles. The van der Waals surface area contributed by atoms with E-state index in [4.69, 9.17) is 12.2 Å². The minimum Gasteiger partial charge on any atom is -0.275 e. The molecule has 0 bridgehead atoms. The number of rotatable bonds is 0. The highest BCUT2D eigenvalue weighted by Crippen LogP contribution is 2.15. The maximum Gasteiger partial charge on any atom is 0.150 e. The van der Waals surface area contributed by atoms with Crippen LogP contribution in [0.25, 0.3) is 0 Å². The van der Waals surface area contributed by atoms with Crippen LogP contribution >= 0.6 is 24.8 Å². The van der Waals surface area contributed by atoms with Gasteiger partial charge in [0, 0.05) is 17.4 Å². The Hall–Kier alpha value is -0.380. The number of thiocarbonyl (C=S) groups is 1. The summed E-state index contributed by atoms with van der Waals surface area (Å²) in [6.45, 7) is 1.07. The molecule has 0 spiro atoms. The molecule has 0 aromatic rings. The van der Waals surface area contributed by atoms with E-state index in [1.54, 1.807) is 0 Å². The second kappa shape index (κ2) is 3.17. The molecule has 0 radical (unpaired) electrons. The highest BCUT2D eigenvalue weighted by atomic mass is 32.1. The number of hydrogen-bond acceptors (Lipinski definition) is 2. The van der Waals surface area contributed by atoms with Gasteiger partial charge >= 0.3 is 0 Å². The molecule has 2 heterocycles. The van der Waals surface area contributed by atoms with Gasteiger partial charge in [0.2, 0.25) is 0 Å². The number of fused-ring (bicyclic) bond motifs is 1. The Kier molecular flexibility index (Phi) is 2.17. The highest BCUT2D eigenvalue weighted by molar-refractivity contribution is 7.90. The van der Waals surface area contributed by atoms with Crippen LogP contribution in [0, 0.1) is 0 Å². The molecule has 12 heavy (non-hydrogen) atoms. The second-order valence-electron chi connectivity index (χ2n) is 2.93. The highest BCUT2D eigenvalue weighted by Gasteiger charge is 2.24. The van der Waals surface area contributed by atoms with Gasteiger partial charge in [-0.2, -0.15) is 0 Å². The van der Waals surface area contributed by atoms with Gasteiger partial charge in [-0.1, -0.05) is 18.3 Å². The van der Waals surface area contributed by atoms with Gasteiger partial charge in [-0.25, -0.2) is 0 Å². The van der Waals surface area contributed by atoms with Crippen LogP contribution in [-0.2, 0) is 0 Å². The maximum absolute atomic E-state index is 5.19. The van der Waals surface area contributed by atoms with Crippen molar-refractivity contribution in [1.29, 1.82) is 0 Å². The minimum absolute atomic E-state index is 0.977. The number of hydrogen-bond donors (Lipinski definition) is 2. The van der Waals surface area contributed by atoms with Crippen LogP contribution < -0.4 is 4.90 Å². The van der Waals surface area contributed by atoms with E-state index < -0.39 is 0 Å². The first kappa shape index (κ1) is 8.23. The Bertz CT molecular complexity index is 312. The molecule has 0 aromatic carbocycles. The van der Waals surface area contributed by atoms with Gasteiger partial charge < -0.3 is 0 Å². The zero-order valence-electron chi connectivity index (χ0n) is 6.58. The van der Waals surface area contributed by atoms with Gasteiger partial charge in [-0.3, -0.25) is 4.90 Å². The zero-order valence-corrected chi connectivity index (χ0v) is 8.29. The van der Waals surface area contributed by atoms with Crippen LogP contribution in [0.4, 0.5) is 0 Å². The van der Waals surface area contributed by atoms with Gasteiger partial charge in [0.1, 0.15) is 5.70 Å². The third kappa shape index (κ3) is 1.28. The fourth-order valence-electron chi connectivity index (χ4n) is 1.49. The van der Waals surface area contributed by atoms with Crippen molar-refractivity contribution < 1.29 is 4.90 Å². The van der Waals surface area contributed by atoms with Crippen LogP contribution in [0.15, 0.2) is 35.0 Å². The largest absolute Gasteiger partial charge is 0.275 e. The molecule has 0 aromatic heterocycles. The van der Waals surface area contributed by atoms with E-state index in [9.17, 15) is 0 Å². The number of allylic oxidation sites excluding steroid dienone is 4. The lowest BCUT2D eigenvalue weighted by atomic mass is 10.1. The Labute approximate surface area is 82.9 Å². The molecule has 2 aliphatic heterocycles. The van der Waals surface area contributed by atoms with E-state index in [2.05, 4.69) is 31.0 Å². The van der Waals surface area contributed by atoms with Crippen molar-refractivity contribution in [2.45, 2.75) is 6.42 Å². The molecule has 0 amide bonds. The summed E-state index contributed by atoms with van der Waals surface area (Å²) in [7, 11) is 0. The summed E-state index contributed by atoms with van der Waals surface area (Å²) < 4.78 is 0. The van der Waals surface area contributed by atoms with Crippen LogP contribution in [0.2, 0.25) is 0 Å². The zero-order chi connectivity index (χ0) is 8.55. The molecule has 0 fully saturated rings. The van der Waals surface area contributed by atoms with Crippen molar-refractivity contribution >= 4 is 29.7 Å². The lowest BCUT2D eigenvalue weighted by Gasteiger charge is -2.23. The fraction of sp³-hybridized carbons (Fsp3) is 0.222. The van der Waals surface area contributed by atoms with Gasteiger partial charge in [-0.15, -0.1) is 12.6 Å².